The average Bonchev–Trinajstić information content (AvgIpc) is 2.68. The molecular weight excluding hydrogens is 216 g/mol. The van der Waals surface area contributed by atoms with Crippen LogP contribution in [-0.2, 0) is 9.59 Å². The Hall–Kier alpha value is -2.57. The summed E-state index contributed by atoms with van der Waals surface area (Å²) >= 11 is 0. The van der Waals surface area contributed by atoms with Gasteiger partial charge in [-0.1, -0.05) is 0 Å². The first-order chi connectivity index (χ1) is 7.43. The maximum Gasteiger partial charge on any atom is 0.328 e. The summed E-state index contributed by atoms with van der Waals surface area (Å²) in [6.45, 7) is 0. The second-order valence-electron chi connectivity index (χ2n) is 2.47. The molecule has 1 amide bonds. The predicted octanol–water partition coefficient (Wildman–Crippen LogP) is -0.175. The molecule has 0 radical (unpaired) electrons. The van der Waals surface area contributed by atoms with Gasteiger partial charge in [-0.2, -0.15) is 0 Å². The Morgan fingerprint density at radius 1 is 1.19 bits per heavy atom. The predicted molar refractivity (Wildman–Crippen MR) is 53.7 cm³/mol. The van der Waals surface area contributed by atoms with E-state index in [2.05, 4.69) is 4.98 Å². The second kappa shape index (κ2) is 6.82. The first kappa shape index (κ1) is 13.4. The summed E-state index contributed by atoms with van der Waals surface area (Å²) in [7, 11) is 0. The number of nitrogens with two attached hydrogens (primary N) is 1. The molecule has 0 atom stereocenters. The molecule has 0 saturated carbocycles. The first-order valence-corrected chi connectivity index (χ1v) is 4.00. The number of amides is 1. The molecule has 0 saturated heterocycles. The standard InChI is InChI=1S/C5H6N2O.C4H4O4/c6-5(8)4-1-2-7-3-4;5-3(6)1-2-4(7)8/h1-3,7H,(H2,6,8);1-2H,(H,5,6)(H,7,8). The van der Waals surface area contributed by atoms with Gasteiger partial charge in [0.05, 0.1) is 5.56 Å². The van der Waals surface area contributed by atoms with Gasteiger partial charge < -0.3 is 20.9 Å². The van der Waals surface area contributed by atoms with Crippen molar-refractivity contribution in [3.8, 4) is 0 Å². The molecule has 7 nitrogen and oxygen atoms in total. The van der Waals surface area contributed by atoms with Crippen molar-refractivity contribution < 1.29 is 24.6 Å². The first-order valence-electron chi connectivity index (χ1n) is 4.00. The van der Waals surface area contributed by atoms with Gasteiger partial charge in [-0.25, -0.2) is 9.59 Å². The fraction of sp³-hybridized carbons (Fsp3) is 0. The number of carboxylic acids is 2. The minimum absolute atomic E-state index is 0.397. The third kappa shape index (κ3) is 6.89. The molecule has 5 N–H and O–H groups in total. The third-order valence-corrected chi connectivity index (χ3v) is 1.25. The number of hydrogen-bond donors (Lipinski definition) is 4. The van der Waals surface area contributed by atoms with Crippen LogP contribution in [0.1, 0.15) is 10.4 Å². The number of aliphatic carboxylic acids is 2. The lowest BCUT2D eigenvalue weighted by Gasteiger charge is -1.80. The number of rotatable bonds is 3. The molecule has 16 heavy (non-hydrogen) atoms. The Bertz CT molecular complexity index is 378. The lowest BCUT2D eigenvalue weighted by molar-refractivity contribution is -0.134. The smallest absolute Gasteiger partial charge is 0.328 e. The number of hydrogen-bond acceptors (Lipinski definition) is 3. The molecule has 7 heteroatoms. The van der Waals surface area contributed by atoms with Crippen molar-refractivity contribution in [2.45, 2.75) is 0 Å². The normalized spacial score (nSPS) is 9.25. The molecule has 1 aromatic rings. The Kier molecular flexibility index (Phi) is 5.73. The lowest BCUT2D eigenvalue weighted by Crippen LogP contribution is -2.08. The molecule has 1 heterocycles. The van der Waals surface area contributed by atoms with Crippen LogP contribution in [0.5, 0.6) is 0 Å². The summed E-state index contributed by atoms with van der Waals surface area (Å²) in [5, 5.41) is 15.6. The van der Waals surface area contributed by atoms with E-state index < -0.39 is 17.8 Å². The van der Waals surface area contributed by atoms with Crippen molar-refractivity contribution in [2.24, 2.45) is 5.73 Å². The van der Waals surface area contributed by atoms with E-state index in [-0.39, 0.29) is 0 Å². The molecule has 0 spiro atoms. The molecule has 86 valence electrons. The van der Waals surface area contributed by atoms with Crippen molar-refractivity contribution >= 4 is 17.8 Å². The molecule has 0 aliphatic heterocycles. The van der Waals surface area contributed by atoms with Crippen LogP contribution in [-0.4, -0.2) is 33.0 Å². The number of H-pyrrole nitrogens is 1. The van der Waals surface area contributed by atoms with Gasteiger partial charge in [-0.15, -0.1) is 0 Å². The second-order valence-corrected chi connectivity index (χ2v) is 2.47. The highest BCUT2D eigenvalue weighted by molar-refractivity contribution is 5.92. The summed E-state index contributed by atoms with van der Waals surface area (Å²) in [5.74, 6) is -2.91. The van der Waals surface area contributed by atoms with Crippen LogP contribution < -0.4 is 5.73 Å². The maximum absolute atomic E-state index is 10.3. The van der Waals surface area contributed by atoms with E-state index in [1.54, 1.807) is 18.5 Å². The highest BCUT2D eigenvalue weighted by Crippen LogP contribution is 1.91. The van der Waals surface area contributed by atoms with E-state index in [1.165, 1.54) is 0 Å². The van der Waals surface area contributed by atoms with Crippen molar-refractivity contribution in [1.29, 1.82) is 0 Å². The molecule has 0 bridgehead atoms. The van der Waals surface area contributed by atoms with Gasteiger partial charge in [0.15, 0.2) is 0 Å². The third-order valence-electron chi connectivity index (χ3n) is 1.25. The van der Waals surface area contributed by atoms with Crippen LogP contribution in [0.3, 0.4) is 0 Å². The quantitative estimate of drug-likeness (QED) is 0.530. The van der Waals surface area contributed by atoms with Gasteiger partial charge in [-0.05, 0) is 6.07 Å². The van der Waals surface area contributed by atoms with Gasteiger partial charge in [0.1, 0.15) is 0 Å². The highest BCUT2D eigenvalue weighted by Gasteiger charge is 1.95. The van der Waals surface area contributed by atoms with E-state index in [1.807, 2.05) is 0 Å². The minimum Gasteiger partial charge on any atom is -0.478 e. The van der Waals surface area contributed by atoms with E-state index in [0.29, 0.717) is 17.7 Å². The molecule has 1 aromatic heterocycles. The number of aromatic nitrogens is 1. The molecule has 0 fully saturated rings. The fourth-order valence-electron chi connectivity index (χ4n) is 0.620. The zero-order valence-corrected chi connectivity index (χ0v) is 8.08. The maximum atomic E-state index is 10.3. The van der Waals surface area contributed by atoms with Gasteiger partial charge in [0, 0.05) is 24.5 Å². The van der Waals surface area contributed by atoms with Crippen molar-refractivity contribution in [2.75, 3.05) is 0 Å². The van der Waals surface area contributed by atoms with Crippen LogP contribution in [0.2, 0.25) is 0 Å². The van der Waals surface area contributed by atoms with Crippen LogP contribution in [0.4, 0.5) is 0 Å². The van der Waals surface area contributed by atoms with Crippen LogP contribution in [0.15, 0.2) is 30.6 Å². The van der Waals surface area contributed by atoms with E-state index in [4.69, 9.17) is 15.9 Å². The van der Waals surface area contributed by atoms with Crippen molar-refractivity contribution in [3.05, 3.63) is 36.2 Å². The lowest BCUT2D eigenvalue weighted by atomic mass is 10.3. The molecule has 0 aliphatic rings. The van der Waals surface area contributed by atoms with E-state index in [0.717, 1.165) is 0 Å². The largest absolute Gasteiger partial charge is 0.478 e. The number of carboxylic acid groups (broad SMARTS) is 2. The average molecular weight is 226 g/mol. The number of carbonyl (C=O) groups excluding carboxylic acids is 1. The van der Waals surface area contributed by atoms with Crippen LogP contribution >= 0.6 is 0 Å². The summed E-state index contributed by atoms with van der Waals surface area (Å²) in [6.07, 6.45) is 4.33. The number of primary amides is 1. The van der Waals surface area contributed by atoms with Gasteiger partial charge in [0.2, 0.25) is 5.91 Å². The molecule has 1 rings (SSSR count). The van der Waals surface area contributed by atoms with Gasteiger partial charge in [0.25, 0.3) is 0 Å². The summed E-state index contributed by atoms with van der Waals surface area (Å²) in [6, 6.07) is 1.63. The fourth-order valence-corrected chi connectivity index (χ4v) is 0.620. The number of carbonyl (C=O) groups is 3. The Morgan fingerprint density at radius 3 is 1.88 bits per heavy atom. The van der Waals surface area contributed by atoms with Gasteiger partial charge in [-0.3, -0.25) is 4.79 Å². The van der Waals surface area contributed by atoms with Crippen LogP contribution in [0, 0.1) is 0 Å². The summed E-state index contributed by atoms with van der Waals surface area (Å²) in [4.78, 5) is 32.1. The van der Waals surface area contributed by atoms with E-state index in [9.17, 15) is 14.4 Å². The Balaban J connectivity index is 0.000000281. The van der Waals surface area contributed by atoms with Gasteiger partial charge >= 0.3 is 11.9 Å². The molecule has 0 unspecified atom stereocenters. The number of aromatic amines is 1. The molecular formula is C9H10N2O5. The van der Waals surface area contributed by atoms with Crippen molar-refractivity contribution in [1.82, 2.24) is 4.98 Å². The SMILES string of the molecule is NC(=O)c1cc[nH]c1.O=C(O)C=CC(=O)O. The monoisotopic (exact) mass is 226 g/mol. The minimum atomic E-state index is -1.26. The van der Waals surface area contributed by atoms with Crippen LogP contribution in [0.25, 0.3) is 0 Å². The Morgan fingerprint density at radius 2 is 1.69 bits per heavy atom. The highest BCUT2D eigenvalue weighted by atomic mass is 16.4. The van der Waals surface area contributed by atoms with E-state index >= 15 is 0 Å². The topological polar surface area (TPSA) is 133 Å². The molecule has 0 aromatic carbocycles. The van der Waals surface area contributed by atoms with Crippen molar-refractivity contribution in [3.63, 3.8) is 0 Å². The number of nitrogens with one attached hydrogen (secondary N) is 1. The Labute approximate surface area is 90.2 Å². The summed E-state index contributed by atoms with van der Waals surface area (Å²) in [5.41, 5.74) is 5.42. The molecule has 0 aliphatic carbocycles. The summed E-state index contributed by atoms with van der Waals surface area (Å²) < 4.78 is 0. The zero-order chi connectivity index (χ0) is 12.6. The zero-order valence-electron chi connectivity index (χ0n) is 8.08.